The highest BCUT2D eigenvalue weighted by molar-refractivity contribution is 7.92. The van der Waals surface area contributed by atoms with Crippen LogP contribution in [0.4, 0.5) is 5.69 Å². The molecule has 0 unspecified atom stereocenters. The molecule has 2 aromatic carbocycles. The smallest absolute Gasteiger partial charge is 0.263 e. The molecule has 3 rings (SSSR count). The minimum Gasteiger partial charge on any atom is -0.352 e. The molecule has 6 nitrogen and oxygen atoms in total. The number of carbonyl (C=O) groups excluding carboxylic acids is 1. The second-order valence-electron chi connectivity index (χ2n) is 7.66. The van der Waals surface area contributed by atoms with E-state index >= 15 is 0 Å². The molecule has 2 N–H and O–H groups in total. The van der Waals surface area contributed by atoms with E-state index in [0.717, 1.165) is 37.2 Å². The molecular formula is C22H28ClN3O3S. The number of sulfonamides is 1. The van der Waals surface area contributed by atoms with Crippen LogP contribution in [0.25, 0.3) is 0 Å². The molecule has 0 saturated carbocycles. The van der Waals surface area contributed by atoms with Crippen LogP contribution < -0.4 is 10.0 Å². The van der Waals surface area contributed by atoms with Crippen molar-refractivity contribution < 1.29 is 13.2 Å². The minimum absolute atomic E-state index is 0.0680. The van der Waals surface area contributed by atoms with Gasteiger partial charge in [-0.15, -0.1) is 0 Å². The monoisotopic (exact) mass is 449 g/mol. The highest BCUT2D eigenvalue weighted by Crippen LogP contribution is 2.27. The van der Waals surface area contributed by atoms with Crippen LogP contribution in [0.2, 0.25) is 5.02 Å². The van der Waals surface area contributed by atoms with Crippen molar-refractivity contribution in [1.82, 2.24) is 10.2 Å². The molecule has 2 aromatic rings. The predicted octanol–water partition coefficient (Wildman–Crippen LogP) is 3.97. The molecule has 1 aliphatic rings. The normalized spacial score (nSPS) is 14.6. The lowest BCUT2D eigenvalue weighted by Crippen LogP contribution is -2.28. The molecule has 1 aliphatic heterocycles. The molecule has 1 fully saturated rings. The van der Waals surface area contributed by atoms with Crippen LogP contribution >= 0.6 is 11.6 Å². The molecule has 0 aromatic heterocycles. The average molecular weight is 450 g/mol. The van der Waals surface area contributed by atoms with Crippen LogP contribution in [0.15, 0.2) is 41.3 Å². The minimum atomic E-state index is -3.94. The van der Waals surface area contributed by atoms with Gasteiger partial charge >= 0.3 is 0 Å². The van der Waals surface area contributed by atoms with Crippen LogP contribution in [-0.2, 0) is 10.0 Å². The number of nitrogens with one attached hydrogen (secondary N) is 2. The van der Waals surface area contributed by atoms with Gasteiger partial charge in [-0.2, -0.15) is 0 Å². The van der Waals surface area contributed by atoms with Gasteiger partial charge < -0.3 is 10.2 Å². The number of aryl methyl sites for hydroxylation is 1. The zero-order valence-electron chi connectivity index (χ0n) is 17.4. The summed E-state index contributed by atoms with van der Waals surface area (Å²) in [5.41, 5.74) is 2.57. The number of hydrogen-bond acceptors (Lipinski definition) is 4. The molecule has 0 atom stereocenters. The number of benzene rings is 2. The SMILES string of the molecule is Cc1cccc(NS(=O)(=O)c2cc(C(=O)NCCCN3CCCC3)ccc2Cl)c1C. The standard InChI is InChI=1S/C22H28ClN3O3S/c1-16-7-5-8-20(17(16)2)25-30(28,29)21-15-18(9-10-19(21)23)22(27)24-11-6-14-26-12-3-4-13-26/h5,7-10,15,25H,3-4,6,11-14H2,1-2H3,(H,24,27). The third kappa shape index (κ3) is 5.53. The zero-order valence-corrected chi connectivity index (χ0v) is 18.9. The third-order valence-electron chi connectivity index (χ3n) is 5.47. The Balaban J connectivity index is 1.68. The predicted molar refractivity (Wildman–Crippen MR) is 121 cm³/mol. The van der Waals surface area contributed by atoms with E-state index in [1.807, 2.05) is 19.9 Å². The molecule has 162 valence electrons. The Morgan fingerprint density at radius 1 is 1.13 bits per heavy atom. The third-order valence-corrected chi connectivity index (χ3v) is 7.31. The van der Waals surface area contributed by atoms with Crippen LogP contribution in [0.3, 0.4) is 0 Å². The lowest BCUT2D eigenvalue weighted by atomic mass is 10.1. The number of hydrogen-bond donors (Lipinski definition) is 2. The van der Waals surface area contributed by atoms with Gasteiger partial charge in [-0.1, -0.05) is 23.7 Å². The van der Waals surface area contributed by atoms with Crippen molar-refractivity contribution in [1.29, 1.82) is 0 Å². The van der Waals surface area contributed by atoms with Crippen molar-refractivity contribution in [3.05, 3.63) is 58.1 Å². The van der Waals surface area contributed by atoms with E-state index in [-0.39, 0.29) is 21.4 Å². The number of anilines is 1. The van der Waals surface area contributed by atoms with Crippen molar-refractivity contribution in [2.45, 2.75) is 38.0 Å². The molecule has 0 bridgehead atoms. The van der Waals surface area contributed by atoms with Gasteiger partial charge in [-0.3, -0.25) is 9.52 Å². The van der Waals surface area contributed by atoms with E-state index in [9.17, 15) is 13.2 Å². The topological polar surface area (TPSA) is 78.5 Å². The maximum absolute atomic E-state index is 12.9. The van der Waals surface area contributed by atoms with E-state index in [2.05, 4.69) is 14.9 Å². The van der Waals surface area contributed by atoms with Gasteiger partial charge in [0, 0.05) is 12.1 Å². The van der Waals surface area contributed by atoms with Crippen molar-refractivity contribution in [2.24, 2.45) is 0 Å². The quantitative estimate of drug-likeness (QED) is 0.597. The summed E-state index contributed by atoms with van der Waals surface area (Å²) in [5.74, 6) is -0.309. The van der Waals surface area contributed by atoms with Gasteiger partial charge in [0.05, 0.1) is 10.7 Å². The number of likely N-dealkylation sites (tertiary alicyclic amines) is 1. The Labute approximate surface area is 183 Å². The van der Waals surface area contributed by atoms with Crippen molar-refractivity contribution >= 4 is 33.2 Å². The van der Waals surface area contributed by atoms with Gasteiger partial charge in [-0.25, -0.2) is 8.42 Å². The first-order valence-electron chi connectivity index (χ1n) is 10.2. The Bertz CT molecular complexity index is 1020. The average Bonchev–Trinajstić information content (AvgIpc) is 3.22. The van der Waals surface area contributed by atoms with Crippen LogP contribution in [0, 0.1) is 13.8 Å². The maximum Gasteiger partial charge on any atom is 0.263 e. The fourth-order valence-corrected chi connectivity index (χ4v) is 5.17. The molecule has 0 aliphatic carbocycles. The first kappa shape index (κ1) is 22.6. The highest BCUT2D eigenvalue weighted by Gasteiger charge is 2.21. The first-order chi connectivity index (χ1) is 14.3. The fraction of sp³-hybridized carbons (Fsp3) is 0.409. The molecule has 1 amide bonds. The van der Waals surface area contributed by atoms with Gasteiger partial charge in [0.15, 0.2) is 0 Å². The lowest BCUT2D eigenvalue weighted by Gasteiger charge is -2.15. The number of halogens is 1. The van der Waals surface area contributed by atoms with Crippen molar-refractivity contribution in [2.75, 3.05) is 30.9 Å². The molecule has 30 heavy (non-hydrogen) atoms. The zero-order chi connectivity index (χ0) is 21.7. The molecule has 0 radical (unpaired) electrons. The van der Waals surface area contributed by atoms with E-state index < -0.39 is 10.0 Å². The second kappa shape index (κ2) is 9.81. The highest BCUT2D eigenvalue weighted by atomic mass is 35.5. The summed E-state index contributed by atoms with van der Waals surface area (Å²) in [5, 5.41) is 2.93. The maximum atomic E-state index is 12.9. The molecule has 1 saturated heterocycles. The van der Waals surface area contributed by atoms with E-state index in [4.69, 9.17) is 11.6 Å². The molecule has 1 heterocycles. The van der Waals surface area contributed by atoms with E-state index in [1.165, 1.54) is 31.0 Å². The summed E-state index contributed by atoms with van der Waals surface area (Å²) >= 11 is 6.17. The summed E-state index contributed by atoms with van der Waals surface area (Å²) in [7, 11) is -3.94. The van der Waals surface area contributed by atoms with Crippen LogP contribution in [0.5, 0.6) is 0 Å². The summed E-state index contributed by atoms with van der Waals surface area (Å²) in [6, 6.07) is 9.70. The fourth-order valence-electron chi connectivity index (χ4n) is 3.52. The molecule has 0 spiro atoms. The van der Waals surface area contributed by atoms with Gasteiger partial charge in [0.25, 0.3) is 15.9 Å². The molecule has 8 heteroatoms. The van der Waals surface area contributed by atoms with Crippen LogP contribution in [0.1, 0.15) is 40.7 Å². The van der Waals surface area contributed by atoms with Crippen molar-refractivity contribution in [3.63, 3.8) is 0 Å². The Morgan fingerprint density at radius 2 is 1.87 bits per heavy atom. The Morgan fingerprint density at radius 3 is 2.60 bits per heavy atom. The van der Waals surface area contributed by atoms with Crippen molar-refractivity contribution in [3.8, 4) is 0 Å². The van der Waals surface area contributed by atoms with E-state index in [0.29, 0.717) is 12.2 Å². The number of carbonyl (C=O) groups is 1. The largest absolute Gasteiger partial charge is 0.352 e. The van der Waals surface area contributed by atoms with Crippen LogP contribution in [-0.4, -0.2) is 45.4 Å². The van der Waals surface area contributed by atoms with Gasteiger partial charge in [0.2, 0.25) is 0 Å². The van der Waals surface area contributed by atoms with Gasteiger partial charge in [0.1, 0.15) is 4.90 Å². The Kier molecular flexibility index (Phi) is 7.39. The molecular weight excluding hydrogens is 422 g/mol. The number of amides is 1. The lowest BCUT2D eigenvalue weighted by molar-refractivity contribution is 0.0952. The summed E-state index contributed by atoms with van der Waals surface area (Å²) in [4.78, 5) is 14.8. The summed E-state index contributed by atoms with van der Waals surface area (Å²) < 4.78 is 28.5. The Hall–Kier alpha value is -2.09. The van der Waals surface area contributed by atoms with E-state index in [1.54, 1.807) is 12.1 Å². The number of nitrogens with zero attached hydrogens (tertiary/aromatic N) is 1. The summed E-state index contributed by atoms with van der Waals surface area (Å²) in [6.07, 6.45) is 3.34. The number of rotatable bonds is 8. The summed E-state index contributed by atoms with van der Waals surface area (Å²) in [6.45, 7) is 7.51. The first-order valence-corrected chi connectivity index (χ1v) is 12.0. The van der Waals surface area contributed by atoms with Gasteiger partial charge in [-0.05, 0) is 88.1 Å². The second-order valence-corrected chi connectivity index (χ2v) is 9.71.